The summed E-state index contributed by atoms with van der Waals surface area (Å²) in [6.07, 6.45) is 2.27. The molecule has 0 aliphatic heterocycles. The van der Waals surface area contributed by atoms with Crippen molar-refractivity contribution in [1.29, 1.82) is 5.26 Å². The molecule has 0 aromatic carbocycles. The van der Waals surface area contributed by atoms with E-state index < -0.39 is 0 Å². The first-order valence-electron chi connectivity index (χ1n) is 7.89. The van der Waals surface area contributed by atoms with Crippen LogP contribution in [0, 0.1) is 25.2 Å². The van der Waals surface area contributed by atoms with E-state index in [1.807, 2.05) is 19.9 Å². The zero-order chi connectivity index (χ0) is 15.8. The first-order chi connectivity index (χ1) is 10.0. The molecule has 0 saturated heterocycles. The van der Waals surface area contributed by atoms with Crippen LogP contribution >= 0.6 is 0 Å². The number of aromatic nitrogens is 1. The predicted octanol–water partition coefficient (Wildman–Crippen LogP) is 3.49. The Morgan fingerprint density at radius 1 is 1.33 bits per heavy atom. The molecule has 1 unspecified atom stereocenters. The van der Waals surface area contributed by atoms with E-state index in [4.69, 9.17) is 0 Å². The highest BCUT2D eigenvalue weighted by molar-refractivity contribution is 5.60. The minimum absolute atomic E-state index is 0.355. The number of hydrogen-bond acceptors (Lipinski definition) is 4. The second-order valence-corrected chi connectivity index (χ2v) is 5.60. The lowest BCUT2D eigenvalue weighted by molar-refractivity contribution is 0.295. The number of anilines is 1. The van der Waals surface area contributed by atoms with Gasteiger partial charge in [-0.1, -0.05) is 13.8 Å². The summed E-state index contributed by atoms with van der Waals surface area (Å²) in [7, 11) is 0. The van der Waals surface area contributed by atoms with Gasteiger partial charge in [-0.25, -0.2) is 0 Å². The fourth-order valence-corrected chi connectivity index (χ4v) is 2.58. The lowest BCUT2D eigenvalue weighted by atomic mass is 10.1. The number of rotatable bonds is 8. The maximum Gasteiger partial charge on any atom is 0.103 e. The van der Waals surface area contributed by atoms with Gasteiger partial charge in [0.25, 0.3) is 0 Å². The van der Waals surface area contributed by atoms with Gasteiger partial charge in [-0.15, -0.1) is 0 Å². The molecule has 0 aliphatic rings. The number of aryl methyl sites for hydroxylation is 2. The zero-order valence-electron chi connectivity index (χ0n) is 14.0. The van der Waals surface area contributed by atoms with Gasteiger partial charge in [0.05, 0.1) is 16.9 Å². The molecule has 0 aliphatic carbocycles. The summed E-state index contributed by atoms with van der Waals surface area (Å²) in [5.74, 6) is 0. The predicted molar refractivity (Wildman–Crippen MR) is 88.5 cm³/mol. The van der Waals surface area contributed by atoms with Crippen molar-refractivity contribution in [3.8, 4) is 6.07 Å². The van der Waals surface area contributed by atoms with Gasteiger partial charge in [-0.2, -0.15) is 5.26 Å². The maximum atomic E-state index is 9.28. The minimum Gasteiger partial charge on any atom is -0.381 e. The molecule has 0 amide bonds. The van der Waals surface area contributed by atoms with Crippen molar-refractivity contribution in [3.05, 3.63) is 23.0 Å². The first kappa shape index (κ1) is 17.5. The Morgan fingerprint density at radius 2 is 2.00 bits per heavy atom. The third-order valence-corrected chi connectivity index (χ3v) is 3.85. The average Bonchev–Trinajstić information content (AvgIpc) is 2.43. The Kier molecular flexibility index (Phi) is 7.18. The monoisotopic (exact) mass is 288 g/mol. The van der Waals surface area contributed by atoms with Crippen molar-refractivity contribution in [1.82, 2.24) is 9.88 Å². The lowest BCUT2D eigenvalue weighted by Crippen LogP contribution is -2.25. The van der Waals surface area contributed by atoms with Crippen molar-refractivity contribution in [3.63, 3.8) is 0 Å². The number of hydrogen-bond donors (Lipinski definition) is 1. The van der Waals surface area contributed by atoms with Gasteiger partial charge in [0.15, 0.2) is 0 Å². The molecule has 1 N–H and O–H groups in total. The van der Waals surface area contributed by atoms with E-state index >= 15 is 0 Å². The number of nitriles is 1. The third-order valence-electron chi connectivity index (χ3n) is 3.85. The van der Waals surface area contributed by atoms with Gasteiger partial charge in [0, 0.05) is 11.7 Å². The summed E-state index contributed by atoms with van der Waals surface area (Å²) in [6, 6.07) is 4.58. The Labute approximate surface area is 129 Å². The van der Waals surface area contributed by atoms with Crippen LogP contribution in [0.4, 0.5) is 5.69 Å². The lowest BCUT2D eigenvalue weighted by Gasteiger charge is -2.21. The summed E-state index contributed by atoms with van der Waals surface area (Å²) >= 11 is 0. The van der Waals surface area contributed by atoms with Crippen LogP contribution in [0.2, 0.25) is 0 Å². The smallest absolute Gasteiger partial charge is 0.103 e. The van der Waals surface area contributed by atoms with Gasteiger partial charge in [-0.3, -0.25) is 4.98 Å². The zero-order valence-corrected chi connectivity index (χ0v) is 14.0. The van der Waals surface area contributed by atoms with Crippen LogP contribution in [-0.4, -0.2) is 35.6 Å². The van der Waals surface area contributed by atoms with E-state index in [-0.39, 0.29) is 0 Å². The summed E-state index contributed by atoms with van der Waals surface area (Å²) < 4.78 is 0. The molecule has 1 aromatic rings. The first-order valence-corrected chi connectivity index (χ1v) is 7.89. The highest BCUT2D eigenvalue weighted by Gasteiger charge is 2.11. The SMILES string of the molecule is CCN(CC)CCCC(C)Nc1cc(C)nc(C)c1C#N. The van der Waals surface area contributed by atoms with Crippen LogP contribution in [0.5, 0.6) is 0 Å². The van der Waals surface area contributed by atoms with Crippen molar-refractivity contribution in [2.24, 2.45) is 0 Å². The molecule has 0 saturated carbocycles. The van der Waals surface area contributed by atoms with Crippen molar-refractivity contribution in [2.75, 3.05) is 25.0 Å². The van der Waals surface area contributed by atoms with Gasteiger partial charge in [-0.05, 0) is 59.3 Å². The molecule has 0 spiro atoms. The van der Waals surface area contributed by atoms with E-state index in [0.29, 0.717) is 11.6 Å². The van der Waals surface area contributed by atoms with Gasteiger partial charge < -0.3 is 10.2 Å². The van der Waals surface area contributed by atoms with Crippen LogP contribution in [0.1, 0.15) is 50.6 Å². The molecule has 1 rings (SSSR count). The van der Waals surface area contributed by atoms with Crippen LogP contribution in [0.25, 0.3) is 0 Å². The summed E-state index contributed by atoms with van der Waals surface area (Å²) in [4.78, 5) is 6.79. The van der Waals surface area contributed by atoms with Gasteiger partial charge >= 0.3 is 0 Å². The fourth-order valence-electron chi connectivity index (χ4n) is 2.58. The second-order valence-electron chi connectivity index (χ2n) is 5.60. The maximum absolute atomic E-state index is 9.28. The van der Waals surface area contributed by atoms with Crippen molar-refractivity contribution < 1.29 is 0 Å². The van der Waals surface area contributed by atoms with Crippen LogP contribution in [-0.2, 0) is 0 Å². The quantitative estimate of drug-likeness (QED) is 0.795. The van der Waals surface area contributed by atoms with Crippen LogP contribution < -0.4 is 5.32 Å². The normalized spacial score (nSPS) is 12.2. The molecule has 0 radical (unpaired) electrons. The molecule has 0 bridgehead atoms. The molecule has 21 heavy (non-hydrogen) atoms. The topological polar surface area (TPSA) is 52.0 Å². The number of pyridine rings is 1. The molecule has 4 nitrogen and oxygen atoms in total. The van der Waals surface area contributed by atoms with Crippen LogP contribution in [0.15, 0.2) is 6.07 Å². The largest absolute Gasteiger partial charge is 0.381 e. The van der Waals surface area contributed by atoms with E-state index in [1.165, 1.54) is 6.42 Å². The minimum atomic E-state index is 0.355. The van der Waals surface area contributed by atoms with Gasteiger partial charge in [0.2, 0.25) is 0 Å². The van der Waals surface area contributed by atoms with E-state index in [1.54, 1.807) is 0 Å². The molecule has 1 atom stereocenters. The summed E-state index contributed by atoms with van der Waals surface area (Å²) in [5.41, 5.74) is 3.33. The fraction of sp³-hybridized carbons (Fsp3) is 0.647. The summed E-state index contributed by atoms with van der Waals surface area (Å²) in [5, 5.41) is 12.8. The highest BCUT2D eigenvalue weighted by Crippen LogP contribution is 2.20. The highest BCUT2D eigenvalue weighted by atomic mass is 15.1. The standard InChI is InChI=1S/C17H28N4/c1-6-21(7-2)10-8-9-13(3)20-17-11-14(4)19-15(5)16(17)12-18/h11,13H,6-10H2,1-5H3,(H,19,20). The van der Waals surface area contributed by atoms with Crippen molar-refractivity contribution >= 4 is 5.69 Å². The average molecular weight is 288 g/mol. The van der Waals surface area contributed by atoms with Gasteiger partial charge in [0.1, 0.15) is 6.07 Å². The Balaban J connectivity index is 2.59. The number of nitrogens with one attached hydrogen (secondary N) is 1. The molecule has 116 valence electrons. The van der Waals surface area contributed by atoms with Crippen molar-refractivity contribution in [2.45, 2.75) is 53.5 Å². The van der Waals surface area contributed by atoms with E-state index in [9.17, 15) is 5.26 Å². The Morgan fingerprint density at radius 3 is 2.57 bits per heavy atom. The molecule has 1 aromatic heterocycles. The molecular weight excluding hydrogens is 260 g/mol. The Bertz CT molecular complexity index is 486. The van der Waals surface area contributed by atoms with E-state index in [0.717, 1.165) is 43.1 Å². The van der Waals surface area contributed by atoms with E-state index in [2.05, 4.69) is 42.0 Å². The molecule has 4 heteroatoms. The molecular formula is C17H28N4. The summed E-state index contributed by atoms with van der Waals surface area (Å²) in [6.45, 7) is 13.8. The number of nitrogens with zero attached hydrogens (tertiary/aromatic N) is 3. The second kappa shape index (κ2) is 8.63. The Hall–Kier alpha value is -1.60. The molecule has 0 fully saturated rings. The third kappa shape index (κ3) is 5.35. The van der Waals surface area contributed by atoms with Crippen LogP contribution in [0.3, 0.4) is 0 Å². The molecule has 1 heterocycles.